The van der Waals surface area contributed by atoms with Crippen LogP contribution >= 0.6 is 0 Å². The normalized spacial score (nSPS) is 25.3. The van der Waals surface area contributed by atoms with E-state index in [0.29, 0.717) is 12.7 Å². The van der Waals surface area contributed by atoms with Gasteiger partial charge in [0, 0.05) is 6.04 Å². The molecule has 17 heavy (non-hydrogen) atoms. The van der Waals surface area contributed by atoms with Gasteiger partial charge in [0.2, 0.25) is 10.0 Å². The van der Waals surface area contributed by atoms with Crippen LogP contribution in [0.15, 0.2) is 29.2 Å². The van der Waals surface area contributed by atoms with Crippen molar-refractivity contribution in [2.24, 2.45) is 0 Å². The smallest absolute Gasteiger partial charge is 0.243 e. The molecular formula is C12H15NO3S. The van der Waals surface area contributed by atoms with Crippen molar-refractivity contribution in [3.8, 4) is 0 Å². The summed E-state index contributed by atoms with van der Waals surface area (Å²) in [5.74, 6) is 0. The lowest BCUT2D eigenvalue weighted by Gasteiger charge is -2.42. The second-order valence-electron chi connectivity index (χ2n) is 4.44. The van der Waals surface area contributed by atoms with Crippen LogP contribution in [-0.4, -0.2) is 31.1 Å². The van der Waals surface area contributed by atoms with Crippen molar-refractivity contribution in [2.75, 3.05) is 0 Å². The van der Waals surface area contributed by atoms with Crippen LogP contribution in [0.3, 0.4) is 0 Å². The molecule has 2 rings (SSSR count). The minimum absolute atomic E-state index is 0.100. The van der Waals surface area contributed by atoms with Crippen molar-refractivity contribution in [3.63, 3.8) is 0 Å². The first-order chi connectivity index (χ1) is 7.96. The molecule has 1 heterocycles. The van der Waals surface area contributed by atoms with E-state index >= 15 is 0 Å². The number of sulfonamides is 1. The van der Waals surface area contributed by atoms with Gasteiger partial charge < -0.3 is 4.79 Å². The topological polar surface area (TPSA) is 54.5 Å². The van der Waals surface area contributed by atoms with Crippen LogP contribution in [0, 0.1) is 6.92 Å². The van der Waals surface area contributed by atoms with Crippen LogP contribution in [0.4, 0.5) is 0 Å². The van der Waals surface area contributed by atoms with Gasteiger partial charge in [-0.15, -0.1) is 0 Å². The molecule has 2 atom stereocenters. The molecule has 5 heteroatoms. The molecule has 1 aromatic carbocycles. The van der Waals surface area contributed by atoms with Crippen molar-refractivity contribution < 1.29 is 13.2 Å². The number of benzene rings is 1. The minimum Gasteiger partial charge on any atom is -0.302 e. The van der Waals surface area contributed by atoms with Gasteiger partial charge in [-0.25, -0.2) is 8.42 Å². The first kappa shape index (κ1) is 12.3. The van der Waals surface area contributed by atoms with Gasteiger partial charge in [0.05, 0.1) is 10.9 Å². The first-order valence-corrected chi connectivity index (χ1v) is 6.96. The number of rotatable bonds is 3. The zero-order valence-electron chi connectivity index (χ0n) is 9.83. The number of hydrogen-bond donors (Lipinski definition) is 0. The minimum atomic E-state index is -3.53. The average molecular weight is 253 g/mol. The predicted molar refractivity (Wildman–Crippen MR) is 64.1 cm³/mol. The van der Waals surface area contributed by atoms with E-state index in [9.17, 15) is 13.2 Å². The molecule has 92 valence electrons. The SMILES string of the molecule is Cc1ccc(S(=O)(=O)N2C(C)CC2C=O)cc1. The third-order valence-corrected chi connectivity index (χ3v) is 5.15. The van der Waals surface area contributed by atoms with Gasteiger partial charge in [-0.2, -0.15) is 4.31 Å². The summed E-state index contributed by atoms with van der Waals surface area (Å²) in [6, 6.07) is 6.07. The van der Waals surface area contributed by atoms with Gasteiger partial charge >= 0.3 is 0 Å². The summed E-state index contributed by atoms with van der Waals surface area (Å²) in [5, 5.41) is 0. The quantitative estimate of drug-likeness (QED) is 0.764. The van der Waals surface area contributed by atoms with E-state index in [-0.39, 0.29) is 10.9 Å². The lowest BCUT2D eigenvalue weighted by atomic mass is 10.0. The Balaban J connectivity index is 2.36. The highest BCUT2D eigenvalue weighted by atomic mass is 32.2. The molecule has 1 aliphatic heterocycles. The summed E-state index contributed by atoms with van der Waals surface area (Å²) >= 11 is 0. The van der Waals surface area contributed by atoms with E-state index < -0.39 is 16.1 Å². The van der Waals surface area contributed by atoms with Crippen LogP contribution in [0.1, 0.15) is 18.9 Å². The van der Waals surface area contributed by atoms with E-state index in [4.69, 9.17) is 0 Å². The lowest BCUT2D eigenvalue weighted by molar-refractivity contribution is -0.115. The van der Waals surface area contributed by atoms with Crippen molar-refractivity contribution in [2.45, 2.75) is 37.2 Å². The Morgan fingerprint density at radius 2 is 1.88 bits per heavy atom. The molecule has 0 N–H and O–H groups in total. The Bertz CT molecular complexity index is 521. The summed E-state index contributed by atoms with van der Waals surface area (Å²) in [7, 11) is -3.53. The monoisotopic (exact) mass is 253 g/mol. The maximum Gasteiger partial charge on any atom is 0.243 e. The third kappa shape index (κ3) is 2.00. The Labute approximate surface area is 101 Å². The summed E-state index contributed by atoms with van der Waals surface area (Å²) in [6.07, 6.45) is 1.31. The summed E-state index contributed by atoms with van der Waals surface area (Å²) in [6.45, 7) is 3.71. The van der Waals surface area contributed by atoms with E-state index in [2.05, 4.69) is 0 Å². The Hall–Kier alpha value is -1.20. The summed E-state index contributed by atoms with van der Waals surface area (Å²) < 4.78 is 25.8. The fraction of sp³-hybridized carbons (Fsp3) is 0.417. The second-order valence-corrected chi connectivity index (χ2v) is 6.28. The van der Waals surface area contributed by atoms with Crippen LogP contribution < -0.4 is 0 Å². The predicted octanol–water partition coefficient (Wildman–Crippen LogP) is 1.35. The molecule has 0 aromatic heterocycles. The van der Waals surface area contributed by atoms with Crippen molar-refractivity contribution in [1.29, 1.82) is 0 Å². The molecule has 0 bridgehead atoms. The zero-order chi connectivity index (χ0) is 12.6. The molecule has 4 nitrogen and oxygen atoms in total. The number of aldehydes is 1. The van der Waals surface area contributed by atoms with E-state index in [1.807, 2.05) is 13.8 Å². The number of hydrogen-bond acceptors (Lipinski definition) is 3. The molecule has 0 radical (unpaired) electrons. The van der Waals surface area contributed by atoms with Gasteiger partial charge in [0.25, 0.3) is 0 Å². The molecule has 0 spiro atoms. The average Bonchev–Trinajstić information content (AvgIpc) is 2.25. The van der Waals surface area contributed by atoms with Gasteiger partial charge in [-0.05, 0) is 32.4 Å². The zero-order valence-corrected chi connectivity index (χ0v) is 10.6. The molecule has 1 fully saturated rings. The Morgan fingerprint density at radius 1 is 1.29 bits per heavy atom. The molecule has 1 saturated heterocycles. The number of carbonyl (C=O) groups excluding carboxylic acids is 1. The standard InChI is InChI=1S/C12H15NO3S/c1-9-3-5-12(6-4-9)17(15,16)13-10(2)7-11(13)8-14/h3-6,8,10-11H,7H2,1-2H3. The highest BCUT2D eigenvalue weighted by Gasteiger charge is 2.44. The van der Waals surface area contributed by atoms with Crippen LogP contribution in [0.5, 0.6) is 0 Å². The Morgan fingerprint density at radius 3 is 2.35 bits per heavy atom. The van der Waals surface area contributed by atoms with E-state index in [1.165, 1.54) is 4.31 Å². The maximum atomic E-state index is 12.3. The van der Waals surface area contributed by atoms with Crippen LogP contribution in [0.2, 0.25) is 0 Å². The fourth-order valence-corrected chi connectivity index (χ4v) is 3.88. The molecule has 2 unspecified atom stereocenters. The van der Waals surface area contributed by atoms with Crippen LogP contribution in [0.25, 0.3) is 0 Å². The van der Waals surface area contributed by atoms with Gasteiger partial charge in [-0.1, -0.05) is 17.7 Å². The first-order valence-electron chi connectivity index (χ1n) is 5.52. The molecule has 0 saturated carbocycles. The molecule has 0 aliphatic carbocycles. The van der Waals surface area contributed by atoms with Crippen molar-refractivity contribution in [3.05, 3.63) is 29.8 Å². The second kappa shape index (κ2) is 4.23. The highest BCUT2D eigenvalue weighted by molar-refractivity contribution is 7.89. The lowest BCUT2D eigenvalue weighted by Crippen LogP contribution is -2.57. The highest BCUT2D eigenvalue weighted by Crippen LogP contribution is 2.31. The van der Waals surface area contributed by atoms with E-state index in [1.54, 1.807) is 24.3 Å². The molecular weight excluding hydrogens is 238 g/mol. The Kier molecular flexibility index (Phi) is 3.05. The van der Waals surface area contributed by atoms with Gasteiger partial charge in [0.1, 0.15) is 6.29 Å². The molecule has 0 amide bonds. The van der Waals surface area contributed by atoms with E-state index in [0.717, 1.165) is 5.56 Å². The third-order valence-electron chi connectivity index (χ3n) is 3.10. The van der Waals surface area contributed by atoms with Crippen molar-refractivity contribution in [1.82, 2.24) is 4.31 Å². The maximum absolute atomic E-state index is 12.3. The summed E-state index contributed by atoms with van der Waals surface area (Å²) in [4.78, 5) is 11.0. The summed E-state index contributed by atoms with van der Waals surface area (Å²) in [5.41, 5.74) is 1.01. The molecule has 1 aliphatic rings. The fourth-order valence-electron chi connectivity index (χ4n) is 2.11. The van der Waals surface area contributed by atoms with Crippen LogP contribution in [-0.2, 0) is 14.8 Å². The van der Waals surface area contributed by atoms with Crippen molar-refractivity contribution >= 4 is 16.3 Å². The van der Waals surface area contributed by atoms with Gasteiger partial charge in [-0.3, -0.25) is 0 Å². The van der Waals surface area contributed by atoms with Gasteiger partial charge in [0.15, 0.2) is 0 Å². The number of carbonyl (C=O) groups is 1. The number of aryl methyl sites for hydroxylation is 1. The molecule has 1 aromatic rings. The largest absolute Gasteiger partial charge is 0.302 e. The number of nitrogens with zero attached hydrogens (tertiary/aromatic N) is 1.